The molecule has 0 aliphatic carbocycles. The number of halogens is 4. The van der Waals surface area contributed by atoms with Gasteiger partial charge in [0, 0.05) is 36.6 Å². The molecule has 32 heavy (non-hydrogen) atoms. The normalized spacial score (nSPS) is 12.6. The lowest BCUT2D eigenvalue weighted by Crippen LogP contribution is -2.23. The van der Waals surface area contributed by atoms with Crippen LogP contribution in [0, 0.1) is 5.82 Å². The number of alkyl halides is 3. The van der Waals surface area contributed by atoms with Gasteiger partial charge in [0.25, 0.3) is 0 Å². The van der Waals surface area contributed by atoms with Crippen LogP contribution in [0.4, 0.5) is 23.2 Å². The minimum atomic E-state index is -4.52. The van der Waals surface area contributed by atoms with Crippen LogP contribution in [0.1, 0.15) is 12.5 Å². The second-order valence-electron chi connectivity index (χ2n) is 6.84. The van der Waals surface area contributed by atoms with Crippen molar-refractivity contribution in [2.24, 2.45) is 0 Å². The predicted molar refractivity (Wildman–Crippen MR) is 114 cm³/mol. The fourth-order valence-electron chi connectivity index (χ4n) is 2.99. The Morgan fingerprint density at radius 3 is 2.34 bits per heavy atom. The molecule has 0 saturated heterocycles. The maximum Gasteiger partial charge on any atom is 0.422 e. The zero-order valence-electron chi connectivity index (χ0n) is 17.4. The number of likely N-dealkylation sites (N-methyl/N-ethyl adjacent to an activating group) is 1. The van der Waals surface area contributed by atoms with E-state index in [1.54, 1.807) is 43.1 Å². The smallest absolute Gasteiger partial charge is 0.422 e. The summed E-state index contributed by atoms with van der Waals surface area (Å²) in [6.07, 6.45) is -2.39. The van der Waals surface area contributed by atoms with Gasteiger partial charge in [-0.3, -0.25) is 9.59 Å². The number of ether oxygens (including phenoxy) is 1. The van der Waals surface area contributed by atoms with Crippen LogP contribution < -0.4 is 15.0 Å². The summed E-state index contributed by atoms with van der Waals surface area (Å²) in [7, 11) is 1.71. The van der Waals surface area contributed by atoms with E-state index in [1.807, 2.05) is 0 Å². The van der Waals surface area contributed by atoms with Gasteiger partial charge < -0.3 is 15.0 Å². The van der Waals surface area contributed by atoms with E-state index in [0.717, 1.165) is 0 Å². The molecule has 0 bridgehead atoms. The van der Waals surface area contributed by atoms with Crippen molar-refractivity contribution >= 4 is 24.0 Å². The van der Waals surface area contributed by atoms with Crippen LogP contribution in [-0.4, -0.2) is 39.1 Å². The maximum absolute atomic E-state index is 13.3. The number of hydrogen-bond acceptors (Lipinski definition) is 4. The van der Waals surface area contributed by atoms with Gasteiger partial charge in [-0.15, -0.1) is 0 Å². The number of carbonyl (C=O) groups excluding carboxylic acids is 2. The third-order valence-electron chi connectivity index (χ3n) is 4.58. The number of carbonyl (C=O) groups is 2. The first-order valence-corrected chi connectivity index (χ1v) is 9.47. The van der Waals surface area contributed by atoms with Gasteiger partial charge in [-0.2, -0.15) is 13.2 Å². The van der Waals surface area contributed by atoms with E-state index in [1.165, 1.54) is 30.5 Å². The third kappa shape index (κ3) is 6.97. The molecule has 0 aliphatic heterocycles. The SMILES string of the molecule is C/C(=C(CN(C)c1ccc(F)cc1)\C(C=O)=C/NC=O)c1ccccc1OCC(F)(F)F. The molecule has 1 amide bonds. The van der Waals surface area contributed by atoms with E-state index < -0.39 is 18.6 Å². The Balaban J connectivity index is 2.53. The Kier molecular flexibility index (Phi) is 8.57. The highest BCUT2D eigenvalue weighted by Gasteiger charge is 2.29. The highest BCUT2D eigenvalue weighted by atomic mass is 19.4. The van der Waals surface area contributed by atoms with Crippen LogP contribution in [0.2, 0.25) is 0 Å². The summed E-state index contributed by atoms with van der Waals surface area (Å²) in [5.41, 5.74) is 2.03. The number of hydrogen-bond donors (Lipinski definition) is 1. The zero-order chi connectivity index (χ0) is 23.7. The van der Waals surface area contributed by atoms with E-state index in [9.17, 15) is 27.2 Å². The van der Waals surface area contributed by atoms with E-state index in [2.05, 4.69) is 5.32 Å². The molecular weight excluding hydrogens is 428 g/mol. The lowest BCUT2D eigenvalue weighted by atomic mass is 9.95. The van der Waals surface area contributed by atoms with Gasteiger partial charge in [0.2, 0.25) is 6.41 Å². The molecule has 0 saturated carbocycles. The number of amides is 1. The molecule has 2 aromatic carbocycles. The highest BCUT2D eigenvalue weighted by Crippen LogP contribution is 2.32. The summed E-state index contributed by atoms with van der Waals surface area (Å²) in [6.45, 7) is 0.309. The van der Waals surface area contributed by atoms with Gasteiger partial charge in [0.1, 0.15) is 11.6 Å². The second kappa shape index (κ2) is 11.1. The maximum atomic E-state index is 13.3. The minimum absolute atomic E-state index is 0.00199. The van der Waals surface area contributed by atoms with Crippen molar-refractivity contribution in [2.75, 3.05) is 25.1 Å². The first-order chi connectivity index (χ1) is 15.2. The first-order valence-electron chi connectivity index (χ1n) is 9.47. The van der Waals surface area contributed by atoms with Gasteiger partial charge in [-0.25, -0.2) is 4.39 Å². The van der Waals surface area contributed by atoms with E-state index in [0.29, 0.717) is 35.1 Å². The molecule has 0 radical (unpaired) electrons. The lowest BCUT2D eigenvalue weighted by molar-refractivity contribution is -0.153. The monoisotopic (exact) mass is 450 g/mol. The number of para-hydroxylation sites is 1. The number of nitrogens with zero attached hydrogens (tertiary/aromatic N) is 1. The fourth-order valence-corrected chi connectivity index (χ4v) is 2.99. The van der Waals surface area contributed by atoms with Crippen LogP contribution in [0.3, 0.4) is 0 Å². The Morgan fingerprint density at radius 2 is 1.75 bits per heavy atom. The quantitative estimate of drug-likeness (QED) is 0.251. The van der Waals surface area contributed by atoms with Gasteiger partial charge in [-0.05, 0) is 48.4 Å². The molecule has 0 spiro atoms. The lowest BCUT2D eigenvalue weighted by Gasteiger charge is -2.24. The molecule has 5 nitrogen and oxygen atoms in total. The van der Waals surface area contributed by atoms with Gasteiger partial charge in [0.05, 0.1) is 0 Å². The van der Waals surface area contributed by atoms with Gasteiger partial charge >= 0.3 is 6.18 Å². The zero-order valence-corrected chi connectivity index (χ0v) is 17.4. The average Bonchev–Trinajstić information content (AvgIpc) is 2.77. The first kappa shape index (κ1) is 24.6. The van der Waals surface area contributed by atoms with E-state index in [4.69, 9.17) is 4.74 Å². The summed E-state index contributed by atoms with van der Waals surface area (Å²) in [5.74, 6) is -0.411. The van der Waals surface area contributed by atoms with Crippen LogP contribution in [-0.2, 0) is 9.59 Å². The van der Waals surface area contributed by atoms with E-state index in [-0.39, 0.29) is 17.9 Å². The van der Waals surface area contributed by atoms with E-state index >= 15 is 0 Å². The Labute approximate surface area is 183 Å². The summed E-state index contributed by atoms with van der Waals surface area (Å²) in [5, 5.41) is 2.31. The van der Waals surface area contributed by atoms with Crippen molar-refractivity contribution < 1.29 is 31.9 Å². The van der Waals surface area contributed by atoms with Crippen LogP contribution >= 0.6 is 0 Å². The molecule has 0 unspecified atom stereocenters. The molecule has 0 aromatic heterocycles. The summed E-state index contributed by atoms with van der Waals surface area (Å²) in [4.78, 5) is 24.3. The molecule has 0 atom stereocenters. The number of aldehydes is 1. The van der Waals surface area contributed by atoms with Crippen molar-refractivity contribution in [2.45, 2.75) is 13.1 Å². The topological polar surface area (TPSA) is 58.6 Å². The molecular formula is C23H22F4N2O3. The van der Waals surface area contributed by atoms with Crippen LogP contribution in [0.25, 0.3) is 5.57 Å². The van der Waals surface area contributed by atoms with Crippen molar-refractivity contribution in [1.82, 2.24) is 5.32 Å². The van der Waals surface area contributed by atoms with Gasteiger partial charge in [-0.1, -0.05) is 18.2 Å². The summed E-state index contributed by atoms with van der Waals surface area (Å²) in [6, 6.07) is 11.8. The molecule has 2 rings (SSSR count). The van der Waals surface area contributed by atoms with Crippen LogP contribution in [0.15, 0.2) is 65.9 Å². The molecule has 9 heteroatoms. The molecule has 0 heterocycles. The minimum Gasteiger partial charge on any atom is -0.483 e. The molecule has 170 valence electrons. The standard InChI is InChI=1S/C23H22F4N2O3/c1-16(20-5-3-4-6-22(20)32-14-23(25,26)27)21(17(13-30)11-28-15-31)12-29(2)19-9-7-18(24)8-10-19/h3-11,13,15H,12,14H2,1-2H3,(H,28,31)/b17-11-,21-16+. The summed E-state index contributed by atoms with van der Waals surface area (Å²) < 4.78 is 56.3. The average molecular weight is 450 g/mol. The molecule has 2 aromatic rings. The predicted octanol–water partition coefficient (Wildman–Crippen LogP) is 4.51. The molecule has 0 aliphatic rings. The number of nitrogens with one attached hydrogen (secondary N) is 1. The number of anilines is 1. The molecule has 1 N–H and O–H groups in total. The fraction of sp³-hybridized carbons (Fsp3) is 0.217. The number of benzene rings is 2. The summed E-state index contributed by atoms with van der Waals surface area (Å²) >= 11 is 0. The Hall–Kier alpha value is -3.62. The number of rotatable bonds is 10. The second-order valence-corrected chi connectivity index (χ2v) is 6.84. The Bertz CT molecular complexity index is 999. The van der Waals surface area contributed by atoms with Gasteiger partial charge in [0.15, 0.2) is 12.9 Å². The highest BCUT2D eigenvalue weighted by molar-refractivity contribution is 5.88. The van der Waals surface area contributed by atoms with Crippen molar-refractivity contribution in [1.29, 1.82) is 0 Å². The largest absolute Gasteiger partial charge is 0.483 e. The third-order valence-corrected chi connectivity index (χ3v) is 4.58. The van der Waals surface area contributed by atoms with Crippen molar-refractivity contribution in [3.63, 3.8) is 0 Å². The Morgan fingerprint density at radius 1 is 1.09 bits per heavy atom. The van der Waals surface area contributed by atoms with Crippen LogP contribution in [0.5, 0.6) is 5.75 Å². The van der Waals surface area contributed by atoms with Crippen molar-refractivity contribution in [3.05, 3.63) is 77.3 Å². The molecule has 0 fully saturated rings. The van der Waals surface area contributed by atoms with Crippen molar-refractivity contribution in [3.8, 4) is 5.75 Å². The number of allylic oxidation sites excluding steroid dienone is 1.